The number of aliphatic hydroxyl groups is 2. The first-order valence-corrected chi connectivity index (χ1v) is 16.5. The predicted molar refractivity (Wildman–Crippen MR) is 206 cm³/mol. The minimum absolute atomic E-state index is 0. The molecule has 0 fully saturated rings. The van der Waals surface area contributed by atoms with Crippen LogP contribution in [0.4, 0.5) is 0 Å². The summed E-state index contributed by atoms with van der Waals surface area (Å²) in [7, 11) is 3.45. The summed E-state index contributed by atoms with van der Waals surface area (Å²) in [6.07, 6.45) is -1.55. The number of carbonyl (C=O) groups is 4. The van der Waals surface area contributed by atoms with Crippen LogP contribution in [0.5, 0.6) is 23.0 Å². The van der Waals surface area contributed by atoms with Crippen molar-refractivity contribution in [1.82, 2.24) is 10.6 Å². The van der Waals surface area contributed by atoms with E-state index in [2.05, 4.69) is 10.6 Å². The molecular weight excluding hydrogens is 715 g/mol. The Bertz CT molecular complexity index is 1380. The zero-order chi connectivity index (χ0) is 38.8. The van der Waals surface area contributed by atoms with Crippen LogP contribution in [0.3, 0.4) is 0 Å². The van der Waals surface area contributed by atoms with Gasteiger partial charge in [-0.1, -0.05) is 12.1 Å². The number of ether oxygens (including phenoxy) is 4. The third kappa shape index (κ3) is 16.6. The van der Waals surface area contributed by atoms with E-state index in [1.54, 1.807) is 109 Å². The highest BCUT2D eigenvalue weighted by Crippen LogP contribution is 2.35. The van der Waals surface area contributed by atoms with Crippen LogP contribution in [0.25, 0.3) is 0 Å². The second kappa shape index (κ2) is 20.8. The van der Waals surface area contributed by atoms with Crippen LogP contribution >= 0.6 is 24.8 Å². The average molecular weight is 776 g/mol. The van der Waals surface area contributed by atoms with Crippen LogP contribution in [-0.2, 0) is 19.2 Å². The fourth-order valence-corrected chi connectivity index (χ4v) is 3.43. The monoisotopic (exact) mass is 774 g/mol. The van der Waals surface area contributed by atoms with Gasteiger partial charge in [0.1, 0.15) is 0 Å². The van der Waals surface area contributed by atoms with Crippen molar-refractivity contribution in [3.8, 4) is 23.0 Å². The lowest BCUT2D eigenvalue weighted by Crippen LogP contribution is -2.28. The Kier molecular flexibility index (Phi) is 20.4. The van der Waals surface area contributed by atoms with Crippen molar-refractivity contribution in [3.05, 3.63) is 47.5 Å². The highest BCUT2D eigenvalue weighted by Gasteiger charge is 2.30. The number of esters is 4. The van der Waals surface area contributed by atoms with E-state index in [-0.39, 0.29) is 47.8 Å². The Morgan fingerprint density at radius 1 is 0.500 bits per heavy atom. The van der Waals surface area contributed by atoms with Gasteiger partial charge in [0.25, 0.3) is 0 Å². The van der Waals surface area contributed by atoms with Crippen LogP contribution in [0.2, 0.25) is 0 Å². The van der Waals surface area contributed by atoms with Crippen molar-refractivity contribution in [1.29, 1.82) is 0 Å². The van der Waals surface area contributed by atoms with Gasteiger partial charge >= 0.3 is 23.9 Å². The quantitative estimate of drug-likeness (QED) is 0.152. The Morgan fingerprint density at radius 3 is 0.942 bits per heavy atom. The van der Waals surface area contributed by atoms with E-state index in [0.29, 0.717) is 24.2 Å². The molecule has 0 saturated heterocycles. The number of rotatable bonds is 10. The molecule has 0 aliphatic heterocycles. The third-order valence-electron chi connectivity index (χ3n) is 6.76. The smallest absolute Gasteiger partial charge is 0.316 e. The molecule has 2 rings (SSSR count). The second-order valence-corrected chi connectivity index (χ2v) is 16.1. The number of hydrogen-bond acceptors (Lipinski definition) is 12. The zero-order valence-electron chi connectivity index (χ0n) is 33.0. The van der Waals surface area contributed by atoms with Crippen LogP contribution in [-0.4, -0.2) is 61.3 Å². The van der Waals surface area contributed by atoms with Crippen molar-refractivity contribution in [2.45, 2.75) is 95.3 Å². The number of benzene rings is 2. The lowest BCUT2D eigenvalue weighted by molar-refractivity contribution is -0.145. The highest BCUT2D eigenvalue weighted by atomic mass is 35.5. The molecule has 0 aliphatic rings. The van der Waals surface area contributed by atoms with Crippen molar-refractivity contribution >= 4 is 48.7 Å². The lowest BCUT2D eigenvalue weighted by atomic mass is 9.97. The number of aliphatic hydroxyl groups excluding tert-OH is 2. The van der Waals surface area contributed by atoms with Gasteiger partial charge in [0.2, 0.25) is 0 Å². The maximum Gasteiger partial charge on any atom is 0.316 e. The normalized spacial score (nSPS) is 12.8. The molecule has 0 saturated carbocycles. The minimum atomic E-state index is -0.774. The SMILES string of the molecule is CNCC(O)c1ccc(OC(=O)C(C)(C)C)c(OC(=O)C(C)(C)C)c1.CNCC(O)c1ccc(OC(=O)C(C)(C)C)c(OC(=O)C(C)(C)C)c1.Cl.Cl. The van der Waals surface area contributed by atoms with Gasteiger partial charge in [-0.05, 0) is 133 Å². The molecule has 2 atom stereocenters. The van der Waals surface area contributed by atoms with E-state index in [1.165, 1.54) is 24.3 Å². The standard InChI is InChI=1S/2C19H29NO5.2ClH/c2*1-18(2,3)16(22)24-14-9-8-12(13(21)11-20-7)10-15(14)25-17(23)19(4,5)6;;/h2*8-10,13,20-21H,11H2,1-7H3;2*1H. The lowest BCUT2D eigenvalue weighted by Gasteiger charge is -2.21. The molecule has 12 nitrogen and oxygen atoms in total. The van der Waals surface area contributed by atoms with E-state index in [1.807, 2.05) is 0 Å². The number of hydrogen-bond donors (Lipinski definition) is 4. The molecule has 0 amide bonds. The summed E-state index contributed by atoms with van der Waals surface area (Å²) >= 11 is 0. The van der Waals surface area contributed by atoms with Gasteiger partial charge in [-0.2, -0.15) is 0 Å². The second-order valence-electron chi connectivity index (χ2n) is 16.1. The topological polar surface area (TPSA) is 170 Å². The van der Waals surface area contributed by atoms with Gasteiger partial charge in [-0.3, -0.25) is 19.2 Å². The molecule has 2 unspecified atom stereocenters. The molecule has 296 valence electrons. The van der Waals surface area contributed by atoms with Gasteiger partial charge in [-0.15, -0.1) is 24.8 Å². The highest BCUT2D eigenvalue weighted by molar-refractivity contribution is 5.86. The van der Waals surface area contributed by atoms with Gasteiger partial charge in [-0.25, -0.2) is 0 Å². The predicted octanol–water partition coefficient (Wildman–Crippen LogP) is 6.53. The van der Waals surface area contributed by atoms with Gasteiger partial charge in [0.05, 0.1) is 33.9 Å². The summed E-state index contributed by atoms with van der Waals surface area (Å²) in [6, 6.07) is 9.39. The number of halogens is 2. The summed E-state index contributed by atoms with van der Waals surface area (Å²) in [5.41, 5.74) is -1.72. The summed E-state index contributed by atoms with van der Waals surface area (Å²) in [5, 5.41) is 26.0. The van der Waals surface area contributed by atoms with Gasteiger partial charge in [0.15, 0.2) is 23.0 Å². The zero-order valence-corrected chi connectivity index (χ0v) is 34.6. The first-order valence-electron chi connectivity index (χ1n) is 16.5. The largest absolute Gasteiger partial charge is 0.422 e. The maximum absolute atomic E-state index is 12.2. The van der Waals surface area contributed by atoms with Crippen LogP contribution in [0, 0.1) is 21.7 Å². The molecule has 4 N–H and O–H groups in total. The van der Waals surface area contributed by atoms with E-state index in [4.69, 9.17) is 18.9 Å². The van der Waals surface area contributed by atoms with E-state index in [9.17, 15) is 29.4 Å². The molecule has 0 spiro atoms. The Hall–Kier alpha value is -3.26. The molecule has 52 heavy (non-hydrogen) atoms. The molecular formula is C38H60Cl2N2O10. The molecule has 0 aliphatic carbocycles. The van der Waals surface area contributed by atoms with E-state index < -0.39 is 57.7 Å². The first kappa shape index (κ1) is 50.8. The summed E-state index contributed by atoms with van der Waals surface area (Å²) in [4.78, 5) is 48.8. The van der Waals surface area contributed by atoms with Crippen LogP contribution in [0.1, 0.15) is 106 Å². The number of nitrogens with one attached hydrogen (secondary N) is 2. The van der Waals surface area contributed by atoms with Crippen molar-refractivity contribution < 1.29 is 48.3 Å². The first-order chi connectivity index (χ1) is 22.7. The Balaban J connectivity index is 0. The van der Waals surface area contributed by atoms with E-state index in [0.717, 1.165) is 0 Å². The van der Waals surface area contributed by atoms with Crippen molar-refractivity contribution in [2.24, 2.45) is 21.7 Å². The molecule has 0 radical (unpaired) electrons. The van der Waals surface area contributed by atoms with Crippen molar-refractivity contribution in [3.63, 3.8) is 0 Å². The fraction of sp³-hybridized carbons (Fsp3) is 0.579. The third-order valence-corrected chi connectivity index (χ3v) is 6.76. The van der Waals surface area contributed by atoms with Crippen LogP contribution < -0.4 is 29.6 Å². The fourth-order valence-electron chi connectivity index (χ4n) is 3.43. The van der Waals surface area contributed by atoms with Crippen molar-refractivity contribution in [2.75, 3.05) is 27.2 Å². The maximum atomic E-state index is 12.2. The summed E-state index contributed by atoms with van der Waals surface area (Å²) in [6.45, 7) is 21.5. The molecule has 0 bridgehead atoms. The van der Waals surface area contributed by atoms with Gasteiger partial charge in [0, 0.05) is 13.1 Å². The Labute approximate surface area is 321 Å². The molecule has 2 aromatic rings. The van der Waals surface area contributed by atoms with Gasteiger partial charge < -0.3 is 39.8 Å². The number of carbonyl (C=O) groups excluding carboxylic acids is 4. The molecule has 14 heteroatoms. The molecule has 2 aromatic carbocycles. The summed E-state index contributed by atoms with van der Waals surface area (Å²) < 4.78 is 21.7. The molecule has 0 aromatic heterocycles. The Morgan fingerprint density at radius 2 is 0.731 bits per heavy atom. The number of likely N-dealkylation sites (N-methyl/N-ethyl adjacent to an activating group) is 2. The van der Waals surface area contributed by atoms with E-state index >= 15 is 0 Å². The van der Waals surface area contributed by atoms with Crippen LogP contribution in [0.15, 0.2) is 36.4 Å². The minimum Gasteiger partial charge on any atom is -0.422 e. The summed E-state index contributed by atoms with van der Waals surface area (Å²) in [5.74, 6) is -1.26. The molecule has 0 heterocycles. The average Bonchev–Trinajstić information content (AvgIpc) is 2.97.